The van der Waals surface area contributed by atoms with E-state index >= 15 is 0 Å². The van der Waals surface area contributed by atoms with Crippen LogP contribution in [0.1, 0.15) is 77.9 Å². The number of hydrogen-bond donors (Lipinski definition) is 1. The molecule has 2 aromatic carbocycles. The summed E-state index contributed by atoms with van der Waals surface area (Å²) in [6.45, 7) is 19.8. The third-order valence-corrected chi connectivity index (χ3v) is 9.70. The predicted octanol–water partition coefficient (Wildman–Crippen LogP) is 10.3. The number of carboxylic acid groups (broad SMARTS) is 1. The Balaban J connectivity index is 0.00000265. The average molecular weight is 682 g/mol. The predicted molar refractivity (Wildman–Crippen MR) is 202 cm³/mol. The maximum atomic E-state index is 12.4. The van der Waals surface area contributed by atoms with Gasteiger partial charge in [-0.15, -0.1) is 11.8 Å². The molecule has 0 bridgehead atoms. The van der Waals surface area contributed by atoms with Gasteiger partial charge in [-0.1, -0.05) is 65.0 Å². The Kier molecular flexibility index (Phi) is 12.6. The number of fused-ring (bicyclic) bond motifs is 1. The number of aromatic nitrogens is 3. The molecular weight excluding hydrogens is 631 g/mol. The van der Waals surface area contributed by atoms with Crippen LogP contribution in [0.2, 0.25) is 0 Å². The van der Waals surface area contributed by atoms with Gasteiger partial charge in [0, 0.05) is 64.2 Å². The van der Waals surface area contributed by atoms with Crippen LogP contribution in [0.4, 0.5) is 0 Å². The van der Waals surface area contributed by atoms with Gasteiger partial charge in [0.2, 0.25) is 5.88 Å². The Morgan fingerprint density at radius 3 is 2.18 bits per heavy atom. The Morgan fingerprint density at radius 2 is 1.59 bits per heavy atom. The number of aryl methyl sites for hydroxylation is 1. The van der Waals surface area contributed by atoms with Crippen LogP contribution in [0.15, 0.2) is 84.0 Å². The quantitative estimate of drug-likeness (QED) is 0.124. The number of ether oxygens (including phenoxy) is 2. The second-order valence-corrected chi connectivity index (χ2v) is 14.9. The Hall–Kier alpha value is -4.30. The highest BCUT2D eigenvalue weighted by atomic mass is 32.2. The van der Waals surface area contributed by atoms with Crippen LogP contribution in [0, 0.1) is 17.8 Å². The molecule has 0 radical (unpaired) electrons. The minimum absolute atomic E-state index is 0.0788. The molecular formula is C41H51N3O4S. The van der Waals surface area contributed by atoms with Gasteiger partial charge in [0.05, 0.1) is 17.7 Å². The normalized spacial score (nSPS) is 11.6. The van der Waals surface area contributed by atoms with E-state index in [0.717, 1.165) is 60.9 Å². The van der Waals surface area contributed by atoms with Crippen LogP contribution in [0.5, 0.6) is 11.6 Å². The Bertz CT molecular complexity index is 1820. The van der Waals surface area contributed by atoms with Crippen molar-refractivity contribution in [3.8, 4) is 22.8 Å². The summed E-state index contributed by atoms with van der Waals surface area (Å²) in [6, 6.07) is 22.6. The van der Waals surface area contributed by atoms with Crippen molar-refractivity contribution in [1.29, 1.82) is 0 Å². The van der Waals surface area contributed by atoms with Gasteiger partial charge in [-0.25, -0.2) is 4.98 Å². The summed E-state index contributed by atoms with van der Waals surface area (Å²) in [7, 11) is 0. The van der Waals surface area contributed by atoms with E-state index in [4.69, 9.17) is 9.47 Å². The van der Waals surface area contributed by atoms with E-state index in [1.807, 2.05) is 70.4 Å². The van der Waals surface area contributed by atoms with Crippen LogP contribution in [0.25, 0.3) is 22.0 Å². The van der Waals surface area contributed by atoms with Gasteiger partial charge in [-0.05, 0) is 80.1 Å². The zero-order valence-electron chi connectivity index (χ0n) is 30.5. The second-order valence-electron chi connectivity index (χ2n) is 13.9. The fourth-order valence-corrected chi connectivity index (χ4v) is 6.50. The fraction of sp³-hybridized carbons (Fsp3) is 0.390. The van der Waals surface area contributed by atoms with Gasteiger partial charge < -0.3 is 19.1 Å². The lowest BCUT2D eigenvalue weighted by Gasteiger charge is -2.23. The maximum Gasteiger partial charge on any atom is 0.309 e. The zero-order chi connectivity index (χ0) is 35.8. The SMILES string of the molecule is CC.CCOc1ccc(-c2ccc(Cn3c(CC(C)(C)C(=O)O)c(SCC(C)(C)C)c4cc(OCc5ccc(C)cn5)ccc43)cc2)cn1. The number of hydrogen-bond acceptors (Lipinski definition) is 6. The van der Waals surface area contributed by atoms with E-state index in [1.54, 1.807) is 25.6 Å². The first-order valence-electron chi connectivity index (χ1n) is 17.1. The third kappa shape index (κ3) is 9.88. The molecule has 5 rings (SSSR count). The summed E-state index contributed by atoms with van der Waals surface area (Å²) in [5, 5.41) is 11.2. The van der Waals surface area contributed by atoms with Gasteiger partial charge in [0.15, 0.2) is 0 Å². The van der Waals surface area contributed by atoms with E-state index in [-0.39, 0.29) is 5.41 Å². The van der Waals surface area contributed by atoms with Gasteiger partial charge in [0.25, 0.3) is 0 Å². The molecule has 0 saturated carbocycles. The Morgan fingerprint density at radius 1 is 0.878 bits per heavy atom. The monoisotopic (exact) mass is 681 g/mol. The van der Waals surface area contributed by atoms with Gasteiger partial charge in [0.1, 0.15) is 12.4 Å². The van der Waals surface area contributed by atoms with Gasteiger partial charge >= 0.3 is 5.97 Å². The number of thioether (sulfide) groups is 1. The molecule has 0 saturated heterocycles. The number of carbonyl (C=O) groups is 1. The molecule has 0 unspecified atom stereocenters. The molecule has 7 nitrogen and oxygen atoms in total. The van der Waals surface area contributed by atoms with Gasteiger partial charge in [-0.3, -0.25) is 9.78 Å². The molecule has 1 N–H and O–H groups in total. The van der Waals surface area contributed by atoms with Crippen molar-refractivity contribution in [3.63, 3.8) is 0 Å². The first-order chi connectivity index (χ1) is 23.3. The topological polar surface area (TPSA) is 86.5 Å². The van der Waals surface area contributed by atoms with Crippen molar-refractivity contribution in [3.05, 3.63) is 102 Å². The molecule has 0 amide bonds. The molecule has 8 heteroatoms. The molecule has 0 spiro atoms. The van der Waals surface area contributed by atoms with E-state index < -0.39 is 11.4 Å². The molecule has 0 aliphatic heterocycles. The standard InChI is InChI=1S/C39H45N3O4S.C2H6/c1-8-45-35-18-14-29(22-41-35)28-12-10-27(11-13-28)23-42-33-17-16-31(46-24-30-15-9-26(2)21-40-30)19-32(33)36(47-25-38(3,4)5)34(42)20-39(6,7)37(43)44;1-2/h9-19,21-22H,8,20,23-25H2,1-7H3,(H,43,44);1-2H3. The summed E-state index contributed by atoms with van der Waals surface area (Å²) in [5.74, 6) is 1.44. The first-order valence-corrected chi connectivity index (χ1v) is 18.1. The summed E-state index contributed by atoms with van der Waals surface area (Å²) in [5.41, 5.74) is 6.39. The molecule has 49 heavy (non-hydrogen) atoms. The highest BCUT2D eigenvalue weighted by Gasteiger charge is 2.32. The van der Waals surface area contributed by atoms with Crippen molar-refractivity contribution in [2.45, 2.75) is 86.8 Å². The fourth-order valence-electron chi connectivity index (χ4n) is 5.26. The smallest absolute Gasteiger partial charge is 0.309 e. The van der Waals surface area contributed by atoms with Crippen molar-refractivity contribution >= 4 is 28.6 Å². The van der Waals surface area contributed by atoms with Crippen LogP contribution < -0.4 is 9.47 Å². The number of benzene rings is 2. The molecule has 3 aromatic heterocycles. The number of rotatable bonds is 13. The van der Waals surface area contributed by atoms with Crippen molar-refractivity contribution in [1.82, 2.24) is 14.5 Å². The summed E-state index contributed by atoms with van der Waals surface area (Å²) in [6.07, 6.45) is 4.07. The number of aliphatic carboxylic acids is 1. The minimum atomic E-state index is -0.954. The summed E-state index contributed by atoms with van der Waals surface area (Å²) < 4.78 is 14.0. The minimum Gasteiger partial charge on any atom is -0.487 e. The zero-order valence-corrected chi connectivity index (χ0v) is 31.3. The molecule has 3 heterocycles. The average Bonchev–Trinajstić information content (AvgIpc) is 3.35. The van der Waals surface area contributed by atoms with E-state index in [1.165, 1.54) is 0 Å². The van der Waals surface area contributed by atoms with Gasteiger partial charge in [-0.2, -0.15) is 0 Å². The molecule has 260 valence electrons. The van der Waals surface area contributed by atoms with E-state index in [0.29, 0.717) is 32.1 Å². The third-order valence-electron chi connectivity index (χ3n) is 7.95. The van der Waals surface area contributed by atoms with Crippen LogP contribution >= 0.6 is 11.8 Å². The van der Waals surface area contributed by atoms with Crippen LogP contribution in [0.3, 0.4) is 0 Å². The number of carboxylic acids is 1. The van der Waals surface area contributed by atoms with E-state index in [9.17, 15) is 9.90 Å². The summed E-state index contributed by atoms with van der Waals surface area (Å²) >= 11 is 1.80. The van der Waals surface area contributed by atoms with Crippen molar-refractivity contribution in [2.75, 3.05) is 12.4 Å². The maximum absolute atomic E-state index is 12.4. The molecule has 0 fully saturated rings. The van der Waals surface area contributed by atoms with Crippen LogP contribution in [-0.2, 0) is 24.4 Å². The second kappa shape index (κ2) is 16.4. The first kappa shape index (κ1) is 37.5. The highest BCUT2D eigenvalue weighted by Crippen LogP contribution is 2.42. The molecule has 0 aliphatic rings. The lowest BCUT2D eigenvalue weighted by molar-refractivity contribution is -0.146. The molecule has 0 atom stereocenters. The number of pyridine rings is 2. The van der Waals surface area contributed by atoms with E-state index in [2.05, 4.69) is 71.7 Å². The van der Waals surface area contributed by atoms with Crippen molar-refractivity contribution < 1.29 is 19.4 Å². The Labute approximate surface area is 296 Å². The van der Waals surface area contributed by atoms with Crippen LogP contribution in [-0.4, -0.2) is 38.0 Å². The molecule has 5 aromatic rings. The summed E-state index contributed by atoms with van der Waals surface area (Å²) in [4.78, 5) is 22.4. The molecule has 0 aliphatic carbocycles. The lowest BCUT2D eigenvalue weighted by atomic mass is 9.88. The number of nitrogens with zero attached hydrogens (tertiary/aromatic N) is 3. The lowest BCUT2D eigenvalue weighted by Crippen LogP contribution is -2.27. The van der Waals surface area contributed by atoms with Crippen molar-refractivity contribution in [2.24, 2.45) is 10.8 Å². The highest BCUT2D eigenvalue weighted by molar-refractivity contribution is 7.99. The largest absolute Gasteiger partial charge is 0.487 e.